The summed E-state index contributed by atoms with van der Waals surface area (Å²) >= 11 is 3.50. The summed E-state index contributed by atoms with van der Waals surface area (Å²) in [5.41, 5.74) is 6.90. The Labute approximate surface area is 139 Å². The van der Waals surface area contributed by atoms with E-state index in [-0.39, 0.29) is 12.0 Å². The maximum atomic E-state index is 12.6. The number of carbonyl (C=O) groups excluding carboxylic acids is 1. The van der Waals surface area contributed by atoms with E-state index >= 15 is 0 Å². The van der Waals surface area contributed by atoms with Gasteiger partial charge in [-0.2, -0.15) is 5.10 Å². The van der Waals surface area contributed by atoms with Gasteiger partial charge in [-0.15, -0.1) is 0 Å². The summed E-state index contributed by atoms with van der Waals surface area (Å²) < 4.78 is 6.55. The zero-order valence-electron chi connectivity index (χ0n) is 13.3. The van der Waals surface area contributed by atoms with Crippen LogP contribution in [0.1, 0.15) is 55.2 Å². The van der Waals surface area contributed by atoms with Gasteiger partial charge in [-0.1, -0.05) is 13.8 Å². The van der Waals surface area contributed by atoms with E-state index in [1.54, 1.807) is 0 Å². The summed E-state index contributed by atoms with van der Waals surface area (Å²) in [5.74, 6) is 0.278. The van der Waals surface area contributed by atoms with Crippen LogP contribution in [0, 0.1) is 0 Å². The fraction of sp³-hybridized carbons (Fsp3) is 0.733. The number of hydrogen-bond acceptors (Lipinski definition) is 4. The molecule has 124 valence electrons. The molecule has 0 saturated carbocycles. The number of nitrogens with one attached hydrogen (secondary N) is 1. The van der Waals surface area contributed by atoms with E-state index in [0.29, 0.717) is 37.9 Å². The number of aromatic amines is 1. The first kappa shape index (κ1) is 17.4. The third-order valence-electron chi connectivity index (χ3n) is 3.94. The van der Waals surface area contributed by atoms with E-state index in [4.69, 9.17) is 10.5 Å². The molecule has 3 N–H and O–H groups in total. The fourth-order valence-electron chi connectivity index (χ4n) is 2.57. The molecule has 6 nitrogen and oxygen atoms in total. The minimum absolute atomic E-state index is 0.0181. The molecule has 0 radical (unpaired) electrons. The van der Waals surface area contributed by atoms with Crippen molar-refractivity contribution >= 4 is 21.8 Å². The van der Waals surface area contributed by atoms with Crippen LogP contribution >= 0.6 is 15.9 Å². The van der Waals surface area contributed by atoms with Crippen LogP contribution < -0.4 is 5.73 Å². The summed E-state index contributed by atoms with van der Waals surface area (Å²) in [5, 5.41) is 7.14. The average molecular weight is 373 g/mol. The number of piperidine rings is 1. The maximum Gasteiger partial charge on any atom is 0.275 e. The Balaban J connectivity index is 1.90. The van der Waals surface area contributed by atoms with Crippen molar-refractivity contribution in [1.82, 2.24) is 15.1 Å². The number of halogens is 1. The molecule has 0 aliphatic carbocycles. The highest BCUT2D eigenvalue weighted by molar-refractivity contribution is 9.10. The zero-order chi connectivity index (χ0) is 16.1. The van der Waals surface area contributed by atoms with Gasteiger partial charge in [-0.3, -0.25) is 9.89 Å². The molecular formula is C15H25BrN4O2. The highest BCUT2D eigenvalue weighted by Crippen LogP contribution is 2.27. The lowest BCUT2D eigenvalue weighted by atomic mass is 10.1. The van der Waals surface area contributed by atoms with Gasteiger partial charge in [0, 0.05) is 19.7 Å². The number of hydrogen-bond donors (Lipinski definition) is 2. The van der Waals surface area contributed by atoms with Gasteiger partial charge in [0.05, 0.1) is 16.3 Å². The normalized spacial score (nSPS) is 16.5. The molecule has 2 rings (SSSR count). The molecule has 1 aromatic rings. The SMILES string of the molecule is CC(C)c1[nH]nc(C(=O)N2CCC(OCCCN)CC2)c1Br. The number of likely N-dealkylation sites (tertiary alicyclic amines) is 1. The van der Waals surface area contributed by atoms with Crippen molar-refractivity contribution in [2.45, 2.75) is 45.1 Å². The number of amides is 1. The minimum Gasteiger partial charge on any atom is -0.378 e. The fourth-order valence-corrected chi connectivity index (χ4v) is 3.38. The first-order valence-corrected chi connectivity index (χ1v) is 8.68. The lowest BCUT2D eigenvalue weighted by Crippen LogP contribution is -2.41. The van der Waals surface area contributed by atoms with E-state index in [1.807, 2.05) is 4.90 Å². The lowest BCUT2D eigenvalue weighted by Gasteiger charge is -2.31. The molecular weight excluding hydrogens is 348 g/mol. The van der Waals surface area contributed by atoms with Crippen molar-refractivity contribution < 1.29 is 9.53 Å². The van der Waals surface area contributed by atoms with E-state index in [0.717, 1.165) is 29.4 Å². The molecule has 0 atom stereocenters. The third kappa shape index (κ3) is 4.08. The van der Waals surface area contributed by atoms with Crippen molar-refractivity contribution in [3.05, 3.63) is 15.9 Å². The summed E-state index contributed by atoms with van der Waals surface area (Å²) in [6.07, 6.45) is 2.87. The highest BCUT2D eigenvalue weighted by Gasteiger charge is 2.28. The molecule has 1 aromatic heterocycles. The van der Waals surface area contributed by atoms with Gasteiger partial charge in [-0.25, -0.2) is 0 Å². The molecule has 0 spiro atoms. The number of nitrogens with zero attached hydrogens (tertiary/aromatic N) is 2. The number of carbonyl (C=O) groups is 1. The quantitative estimate of drug-likeness (QED) is 0.750. The zero-order valence-corrected chi connectivity index (χ0v) is 14.9. The van der Waals surface area contributed by atoms with E-state index in [2.05, 4.69) is 40.0 Å². The Kier molecular flexibility index (Phi) is 6.40. The van der Waals surface area contributed by atoms with Gasteiger partial charge in [0.1, 0.15) is 0 Å². The van der Waals surface area contributed by atoms with Crippen LogP contribution in [0.25, 0.3) is 0 Å². The molecule has 1 amide bonds. The Morgan fingerprint density at radius 2 is 2.18 bits per heavy atom. The van der Waals surface area contributed by atoms with E-state index in [1.165, 1.54) is 0 Å². The van der Waals surface area contributed by atoms with Crippen molar-refractivity contribution in [3.8, 4) is 0 Å². The smallest absolute Gasteiger partial charge is 0.275 e. The van der Waals surface area contributed by atoms with Crippen LogP contribution in [0.3, 0.4) is 0 Å². The summed E-state index contributed by atoms with van der Waals surface area (Å²) in [6.45, 7) is 6.92. The number of ether oxygens (including phenoxy) is 1. The van der Waals surface area contributed by atoms with Crippen LogP contribution in [-0.4, -0.2) is 53.3 Å². The van der Waals surface area contributed by atoms with E-state index < -0.39 is 0 Å². The molecule has 7 heteroatoms. The Morgan fingerprint density at radius 3 is 2.73 bits per heavy atom. The van der Waals surface area contributed by atoms with E-state index in [9.17, 15) is 4.79 Å². The van der Waals surface area contributed by atoms with Crippen LogP contribution in [0.2, 0.25) is 0 Å². The molecule has 2 heterocycles. The number of H-pyrrole nitrogens is 1. The third-order valence-corrected chi connectivity index (χ3v) is 4.75. The summed E-state index contributed by atoms with van der Waals surface area (Å²) in [4.78, 5) is 14.4. The Hall–Kier alpha value is -0.920. The molecule has 0 unspecified atom stereocenters. The van der Waals surface area contributed by atoms with Gasteiger partial charge in [0.2, 0.25) is 0 Å². The number of nitrogens with two attached hydrogens (primary N) is 1. The molecule has 1 aliphatic rings. The molecule has 22 heavy (non-hydrogen) atoms. The van der Waals surface area contributed by atoms with Gasteiger partial charge in [0.15, 0.2) is 5.69 Å². The second-order valence-corrected chi connectivity index (χ2v) is 6.75. The molecule has 0 bridgehead atoms. The first-order chi connectivity index (χ1) is 10.5. The second-order valence-electron chi connectivity index (χ2n) is 5.96. The lowest BCUT2D eigenvalue weighted by molar-refractivity contribution is 0.00826. The van der Waals surface area contributed by atoms with Crippen molar-refractivity contribution in [2.75, 3.05) is 26.2 Å². The molecule has 1 fully saturated rings. The predicted octanol–water partition coefficient (Wildman–Crippen LogP) is 2.27. The summed E-state index contributed by atoms with van der Waals surface area (Å²) in [7, 11) is 0. The minimum atomic E-state index is -0.0181. The largest absolute Gasteiger partial charge is 0.378 e. The monoisotopic (exact) mass is 372 g/mol. The van der Waals surface area contributed by atoms with Crippen LogP contribution in [0.15, 0.2) is 4.47 Å². The van der Waals surface area contributed by atoms with Crippen molar-refractivity contribution in [3.63, 3.8) is 0 Å². The maximum absolute atomic E-state index is 12.6. The van der Waals surface area contributed by atoms with Crippen LogP contribution in [0.4, 0.5) is 0 Å². The summed E-state index contributed by atoms with van der Waals surface area (Å²) in [6, 6.07) is 0. The van der Waals surface area contributed by atoms with Crippen molar-refractivity contribution in [1.29, 1.82) is 0 Å². The van der Waals surface area contributed by atoms with Gasteiger partial charge >= 0.3 is 0 Å². The van der Waals surface area contributed by atoms with Gasteiger partial charge in [-0.05, 0) is 47.7 Å². The standard InChI is InChI=1S/C15H25BrN4O2/c1-10(2)13-12(16)14(19-18-13)15(21)20-7-4-11(5-8-20)22-9-3-6-17/h10-11H,3-9,17H2,1-2H3,(H,18,19). The molecule has 1 saturated heterocycles. The first-order valence-electron chi connectivity index (χ1n) is 7.89. The van der Waals surface area contributed by atoms with Crippen LogP contribution in [-0.2, 0) is 4.74 Å². The predicted molar refractivity (Wildman–Crippen MR) is 88.9 cm³/mol. The molecule has 1 aliphatic heterocycles. The molecule has 0 aromatic carbocycles. The van der Waals surface area contributed by atoms with Gasteiger partial charge in [0.25, 0.3) is 5.91 Å². The number of aromatic nitrogens is 2. The average Bonchev–Trinajstić information content (AvgIpc) is 2.89. The Morgan fingerprint density at radius 1 is 1.50 bits per heavy atom. The topological polar surface area (TPSA) is 84.2 Å². The highest BCUT2D eigenvalue weighted by atomic mass is 79.9. The van der Waals surface area contributed by atoms with Gasteiger partial charge < -0.3 is 15.4 Å². The number of rotatable bonds is 6. The second kappa shape index (κ2) is 8.08. The van der Waals surface area contributed by atoms with Crippen LogP contribution in [0.5, 0.6) is 0 Å². The van der Waals surface area contributed by atoms with Crippen molar-refractivity contribution in [2.24, 2.45) is 5.73 Å². The Bertz CT molecular complexity index is 496.